The molecule has 1 aromatic carbocycles. The van der Waals surface area contributed by atoms with Gasteiger partial charge < -0.3 is 15.6 Å². The molecule has 0 aliphatic heterocycles. The number of nitrogens with two attached hydrogens (primary N) is 1. The lowest BCUT2D eigenvalue weighted by Crippen LogP contribution is -2.40. The largest absolute Gasteiger partial charge is 0.325 e. The first kappa shape index (κ1) is 15.2. The number of aryl methyl sites for hydroxylation is 1. The van der Waals surface area contributed by atoms with Crippen molar-refractivity contribution in [2.75, 3.05) is 5.32 Å². The van der Waals surface area contributed by atoms with Gasteiger partial charge in [0.2, 0.25) is 5.91 Å². The highest BCUT2D eigenvalue weighted by Crippen LogP contribution is 2.19. The highest BCUT2D eigenvalue weighted by molar-refractivity contribution is 5.95. The van der Waals surface area contributed by atoms with Crippen LogP contribution in [0.1, 0.15) is 20.3 Å². The molecule has 0 aliphatic carbocycles. The second-order valence-corrected chi connectivity index (χ2v) is 5.24. The van der Waals surface area contributed by atoms with E-state index in [9.17, 15) is 4.79 Å². The van der Waals surface area contributed by atoms with Gasteiger partial charge in [-0.05, 0) is 30.2 Å². The lowest BCUT2D eigenvalue weighted by Gasteiger charge is -2.17. The summed E-state index contributed by atoms with van der Waals surface area (Å²) in [6.07, 6.45) is 2.52. The van der Waals surface area contributed by atoms with Crippen molar-refractivity contribution < 1.29 is 4.79 Å². The summed E-state index contributed by atoms with van der Waals surface area (Å²) < 4.78 is 1.84. The Hall–Kier alpha value is -2.21. The molecule has 1 heterocycles. The van der Waals surface area contributed by atoms with E-state index in [1.165, 1.54) is 0 Å². The van der Waals surface area contributed by atoms with Crippen LogP contribution in [0.2, 0.25) is 0 Å². The van der Waals surface area contributed by atoms with Gasteiger partial charge in [0, 0.05) is 18.3 Å². The van der Waals surface area contributed by atoms with E-state index in [0.29, 0.717) is 0 Å². The Morgan fingerprint density at radius 2 is 2.05 bits per heavy atom. The number of hydrogen-bond donors (Lipinski definition) is 2. The van der Waals surface area contributed by atoms with Crippen LogP contribution in [0, 0.1) is 5.92 Å². The molecule has 0 spiro atoms. The van der Waals surface area contributed by atoms with Gasteiger partial charge in [-0.15, -0.1) is 10.2 Å². The molecular weight excluding hydrogens is 266 g/mol. The van der Waals surface area contributed by atoms with Gasteiger partial charge in [-0.1, -0.05) is 20.3 Å². The minimum Gasteiger partial charge on any atom is -0.325 e. The van der Waals surface area contributed by atoms with Crippen LogP contribution in [-0.2, 0) is 11.8 Å². The predicted octanol–water partition coefficient (Wildman–Crippen LogP) is 1.79. The Morgan fingerprint density at radius 1 is 1.38 bits per heavy atom. The van der Waals surface area contributed by atoms with Gasteiger partial charge in [0.25, 0.3) is 0 Å². The fourth-order valence-electron chi connectivity index (χ4n) is 1.99. The summed E-state index contributed by atoms with van der Waals surface area (Å²) in [7, 11) is 1.89. The standard InChI is InChI=1S/C15H21N5O/c1-4-10(2)13(16)15(21)18-12-7-5-11(6-8-12)14-19-17-9-20(14)3/h5-10,13H,4,16H2,1-3H3,(H,18,21)/t10?,13-/m0/s1. The number of carbonyl (C=O) groups is 1. The zero-order valence-corrected chi connectivity index (χ0v) is 12.6. The van der Waals surface area contributed by atoms with Gasteiger partial charge in [-0.25, -0.2) is 0 Å². The van der Waals surface area contributed by atoms with Crippen LogP contribution >= 0.6 is 0 Å². The van der Waals surface area contributed by atoms with E-state index in [1.54, 1.807) is 6.33 Å². The maximum absolute atomic E-state index is 12.0. The first-order valence-electron chi connectivity index (χ1n) is 7.03. The second kappa shape index (κ2) is 6.49. The normalized spacial score (nSPS) is 13.7. The van der Waals surface area contributed by atoms with E-state index < -0.39 is 6.04 Å². The second-order valence-electron chi connectivity index (χ2n) is 5.24. The molecule has 0 bridgehead atoms. The first-order chi connectivity index (χ1) is 10.0. The van der Waals surface area contributed by atoms with Gasteiger partial charge >= 0.3 is 0 Å². The number of carbonyl (C=O) groups excluding carboxylic acids is 1. The number of amides is 1. The van der Waals surface area contributed by atoms with E-state index in [4.69, 9.17) is 5.73 Å². The number of hydrogen-bond acceptors (Lipinski definition) is 4. The van der Waals surface area contributed by atoms with Crippen LogP contribution in [0.4, 0.5) is 5.69 Å². The number of anilines is 1. The SMILES string of the molecule is CCC(C)[C@H](N)C(=O)Nc1ccc(-c2nncn2C)cc1. The summed E-state index contributed by atoms with van der Waals surface area (Å²) in [5, 5.41) is 10.7. The molecule has 3 N–H and O–H groups in total. The molecule has 2 rings (SSSR count). The monoisotopic (exact) mass is 287 g/mol. The molecule has 2 aromatic rings. The summed E-state index contributed by atoms with van der Waals surface area (Å²) >= 11 is 0. The lowest BCUT2D eigenvalue weighted by molar-refractivity contribution is -0.118. The quantitative estimate of drug-likeness (QED) is 0.878. The number of nitrogens with one attached hydrogen (secondary N) is 1. The third-order valence-corrected chi connectivity index (χ3v) is 3.68. The van der Waals surface area contributed by atoms with Crippen molar-refractivity contribution in [3.63, 3.8) is 0 Å². The molecule has 112 valence electrons. The summed E-state index contributed by atoms with van der Waals surface area (Å²) in [5.74, 6) is 0.780. The smallest absolute Gasteiger partial charge is 0.241 e. The molecule has 21 heavy (non-hydrogen) atoms. The van der Waals surface area contributed by atoms with Crippen molar-refractivity contribution in [3.8, 4) is 11.4 Å². The number of rotatable bonds is 5. The molecule has 0 saturated carbocycles. The van der Waals surface area contributed by atoms with Crippen LogP contribution in [0.5, 0.6) is 0 Å². The topological polar surface area (TPSA) is 85.8 Å². The van der Waals surface area contributed by atoms with Crippen LogP contribution in [0.25, 0.3) is 11.4 Å². The molecule has 6 nitrogen and oxygen atoms in total. The number of aromatic nitrogens is 3. The maximum Gasteiger partial charge on any atom is 0.241 e. The molecule has 2 atom stereocenters. The van der Waals surface area contributed by atoms with E-state index in [0.717, 1.165) is 23.5 Å². The average Bonchev–Trinajstić information content (AvgIpc) is 2.92. The molecule has 0 aliphatic rings. The van der Waals surface area contributed by atoms with Crippen LogP contribution in [-0.4, -0.2) is 26.7 Å². The molecule has 0 fully saturated rings. The van der Waals surface area contributed by atoms with Crippen molar-refractivity contribution in [2.45, 2.75) is 26.3 Å². The molecule has 6 heteroatoms. The number of nitrogens with zero attached hydrogens (tertiary/aromatic N) is 3. The molecule has 0 saturated heterocycles. The average molecular weight is 287 g/mol. The van der Waals surface area contributed by atoms with Crippen molar-refractivity contribution in [1.82, 2.24) is 14.8 Å². The molecule has 1 aromatic heterocycles. The van der Waals surface area contributed by atoms with E-state index >= 15 is 0 Å². The fraction of sp³-hybridized carbons (Fsp3) is 0.400. The molecular formula is C15H21N5O. The zero-order valence-electron chi connectivity index (χ0n) is 12.6. The molecule has 1 amide bonds. The van der Waals surface area contributed by atoms with Gasteiger partial charge in [-0.3, -0.25) is 4.79 Å². The highest BCUT2D eigenvalue weighted by Gasteiger charge is 2.19. The highest BCUT2D eigenvalue weighted by atomic mass is 16.2. The Balaban J connectivity index is 2.06. The Kier molecular flexibility index (Phi) is 4.70. The minimum absolute atomic E-state index is 0.155. The summed E-state index contributed by atoms with van der Waals surface area (Å²) in [6.45, 7) is 3.99. The van der Waals surface area contributed by atoms with Crippen molar-refractivity contribution in [2.24, 2.45) is 18.7 Å². The predicted molar refractivity (Wildman–Crippen MR) is 82.5 cm³/mol. The van der Waals surface area contributed by atoms with E-state index in [1.807, 2.05) is 49.7 Å². The van der Waals surface area contributed by atoms with Crippen molar-refractivity contribution in [3.05, 3.63) is 30.6 Å². The molecule has 0 radical (unpaired) electrons. The van der Waals surface area contributed by atoms with Gasteiger partial charge in [0.05, 0.1) is 6.04 Å². The van der Waals surface area contributed by atoms with E-state index in [2.05, 4.69) is 15.5 Å². The van der Waals surface area contributed by atoms with Crippen LogP contribution < -0.4 is 11.1 Å². The third-order valence-electron chi connectivity index (χ3n) is 3.68. The summed E-state index contributed by atoms with van der Waals surface area (Å²) in [6, 6.07) is 6.98. The molecule has 1 unspecified atom stereocenters. The van der Waals surface area contributed by atoms with Crippen molar-refractivity contribution in [1.29, 1.82) is 0 Å². The minimum atomic E-state index is -0.492. The Bertz CT molecular complexity index is 605. The lowest BCUT2D eigenvalue weighted by atomic mass is 9.99. The van der Waals surface area contributed by atoms with Gasteiger partial charge in [0.15, 0.2) is 5.82 Å². The fourth-order valence-corrected chi connectivity index (χ4v) is 1.99. The van der Waals surface area contributed by atoms with Crippen molar-refractivity contribution >= 4 is 11.6 Å². The van der Waals surface area contributed by atoms with Crippen LogP contribution in [0.3, 0.4) is 0 Å². The van der Waals surface area contributed by atoms with Gasteiger partial charge in [-0.2, -0.15) is 0 Å². The Morgan fingerprint density at radius 3 is 2.57 bits per heavy atom. The maximum atomic E-state index is 12.0. The summed E-state index contributed by atoms with van der Waals surface area (Å²) in [5.41, 5.74) is 7.58. The van der Waals surface area contributed by atoms with E-state index in [-0.39, 0.29) is 11.8 Å². The summed E-state index contributed by atoms with van der Waals surface area (Å²) in [4.78, 5) is 12.0. The first-order valence-corrected chi connectivity index (χ1v) is 7.03. The zero-order chi connectivity index (χ0) is 15.4. The Labute approximate surface area is 124 Å². The van der Waals surface area contributed by atoms with Gasteiger partial charge in [0.1, 0.15) is 6.33 Å². The third kappa shape index (κ3) is 3.46. The number of benzene rings is 1. The van der Waals surface area contributed by atoms with Crippen LogP contribution in [0.15, 0.2) is 30.6 Å².